The highest BCUT2D eigenvalue weighted by Crippen LogP contribution is 2.25. The minimum absolute atomic E-state index is 0.0178. The molecular weight excluding hydrogens is 397 g/mol. The van der Waals surface area contributed by atoms with Gasteiger partial charge in [-0.3, -0.25) is 9.48 Å². The third-order valence-electron chi connectivity index (χ3n) is 5.48. The molecule has 0 fully saturated rings. The lowest BCUT2D eigenvalue weighted by atomic mass is 10.0. The molecule has 0 aliphatic carbocycles. The normalized spacial score (nSPS) is 13.2. The molecule has 0 N–H and O–H groups in total. The van der Waals surface area contributed by atoms with Gasteiger partial charge in [0.25, 0.3) is 5.91 Å². The maximum absolute atomic E-state index is 13.8. The number of halogens is 1. The van der Waals surface area contributed by atoms with Crippen LogP contribution in [0.15, 0.2) is 48.5 Å². The fraction of sp³-hybridized carbons (Fsp3) is 0.333. The molecule has 3 aromatic rings. The van der Waals surface area contributed by atoms with E-state index in [0.717, 1.165) is 29.1 Å². The number of benzene rings is 2. The van der Waals surface area contributed by atoms with Gasteiger partial charge in [-0.25, -0.2) is 4.39 Å². The van der Waals surface area contributed by atoms with Crippen molar-refractivity contribution in [2.75, 3.05) is 13.2 Å². The predicted molar refractivity (Wildman–Crippen MR) is 114 cm³/mol. The number of fused-ring (bicyclic) bond motifs is 1. The monoisotopic (exact) mass is 423 g/mol. The third kappa shape index (κ3) is 4.61. The van der Waals surface area contributed by atoms with Crippen LogP contribution in [0.4, 0.5) is 4.39 Å². The SMILES string of the molecule is CCOc1ccc(C(=O)N2CCc3c(c(COCc4ccccc4F)nn3C)C2)cc1. The zero-order chi connectivity index (χ0) is 21.8. The molecule has 31 heavy (non-hydrogen) atoms. The van der Waals surface area contributed by atoms with E-state index in [0.29, 0.717) is 30.8 Å². The van der Waals surface area contributed by atoms with E-state index in [1.54, 1.807) is 30.3 Å². The first kappa shape index (κ1) is 21.1. The van der Waals surface area contributed by atoms with Crippen LogP contribution in [-0.4, -0.2) is 33.7 Å². The summed E-state index contributed by atoms with van der Waals surface area (Å²) in [5.41, 5.74) is 4.06. The van der Waals surface area contributed by atoms with Crippen molar-refractivity contribution >= 4 is 5.91 Å². The van der Waals surface area contributed by atoms with Gasteiger partial charge in [-0.2, -0.15) is 5.10 Å². The number of aromatic nitrogens is 2. The standard InChI is InChI=1S/C24H26FN3O3/c1-3-31-19-10-8-17(9-11-19)24(29)28-13-12-23-20(14-28)22(26-27(23)2)16-30-15-18-6-4-5-7-21(18)25/h4-11H,3,12-16H2,1-2H3. The van der Waals surface area contributed by atoms with E-state index >= 15 is 0 Å². The highest BCUT2D eigenvalue weighted by atomic mass is 19.1. The van der Waals surface area contributed by atoms with Gasteiger partial charge in [-0.1, -0.05) is 18.2 Å². The number of carbonyl (C=O) groups is 1. The van der Waals surface area contributed by atoms with Crippen LogP contribution in [0.25, 0.3) is 0 Å². The van der Waals surface area contributed by atoms with Crippen molar-refractivity contribution in [3.05, 3.63) is 82.4 Å². The number of amides is 1. The first-order valence-corrected chi connectivity index (χ1v) is 10.4. The lowest BCUT2D eigenvalue weighted by molar-refractivity contribution is 0.0727. The number of hydrogen-bond donors (Lipinski definition) is 0. The molecule has 162 valence electrons. The van der Waals surface area contributed by atoms with Gasteiger partial charge in [0.2, 0.25) is 0 Å². The molecule has 0 radical (unpaired) electrons. The summed E-state index contributed by atoms with van der Waals surface area (Å²) < 4.78 is 26.9. The molecule has 4 rings (SSSR count). The average molecular weight is 423 g/mol. The van der Waals surface area contributed by atoms with Gasteiger partial charge < -0.3 is 14.4 Å². The van der Waals surface area contributed by atoms with Crippen LogP contribution in [0.2, 0.25) is 0 Å². The Kier molecular flexibility index (Phi) is 6.32. The summed E-state index contributed by atoms with van der Waals surface area (Å²) in [6.45, 7) is 4.07. The molecule has 1 amide bonds. The lowest BCUT2D eigenvalue weighted by Gasteiger charge is -2.28. The largest absolute Gasteiger partial charge is 0.494 e. The number of nitrogens with zero attached hydrogens (tertiary/aromatic N) is 3. The van der Waals surface area contributed by atoms with E-state index in [4.69, 9.17) is 9.47 Å². The summed E-state index contributed by atoms with van der Waals surface area (Å²) in [7, 11) is 1.91. The fourth-order valence-corrected chi connectivity index (χ4v) is 3.88. The Labute approximate surface area is 181 Å². The summed E-state index contributed by atoms with van der Waals surface area (Å²) in [4.78, 5) is 14.9. The van der Waals surface area contributed by atoms with Crippen molar-refractivity contribution in [1.82, 2.24) is 14.7 Å². The number of ether oxygens (including phenoxy) is 2. The molecule has 2 heterocycles. The van der Waals surface area contributed by atoms with Crippen LogP contribution in [0, 0.1) is 5.82 Å². The Hall–Kier alpha value is -3.19. The Balaban J connectivity index is 1.44. The summed E-state index contributed by atoms with van der Waals surface area (Å²) in [6.07, 6.45) is 0.731. The van der Waals surface area contributed by atoms with Crippen LogP contribution >= 0.6 is 0 Å². The quantitative estimate of drug-likeness (QED) is 0.579. The number of rotatable bonds is 7. The zero-order valence-corrected chi connectivity index (χ0v) is 17.8. The van der Waals surface area contributed by atoms with Gasteiger partial charge in [-0.15, -0.1) is 0 Å². The number of aryl methyl sites for hydroxylation is 1. The molecule has 7 heteroatoms. The molecule has 1 aliphatic rings. The molecule has 2 aromatic carbocycles. The van der Waals surface area contributed by atoms with E-state index in [1.165, 1.54) is 6.07 Å². The topological polar surface area (TPSA) is 56.6 Å². The smallest absolute Gasteiger partial charge is 0.254 e. The zero-order valence-electron chi connectivity index (χ0n) is 17.8. The van der Waals surface area contributed by atoms with Crippen molar-refractivity contribution in [3.8, 4) is 5.75 Å². The van der Waals surface area contributed by atoms with Crippen molar-refractivity contribution in [2.45, 2.75) is 33.1 Å². The molecule has 0 unspecified atom stereocenters. The number of carbonyl (C=O) groups excluding carboxylic acids is 1. The van der Waals surface area contributed by atoms with Crippen molar-refractivity contribution in [2.24, 2.45) is 7.05 Å². The molecule has 0 atom stereocenters. The second kappa shape index (κ2) is 9.31. The van der Waals surface area contributed by atoms with E-state index in [2.05, 4.69) is 5.10 Å². The maximum atomic E-state index is 13.8. The Morgan fingerprint density at radius 1 is 1.13 bits per heavy atom. The first-order valence-electron chi connectivity index (χ1n) is 10.4. The van der Waals surface area contributed by atoms with Gasteiger partial charge in [-0.05, 0) is 37.3 Å². The molecule has 0 saturated carbocycles. The summed E-state index contributed by atoms with van der Waals surface area (Å²) in [6, 6.07) is 13.8. The lowest BCUT2D eigenvalue weighted by Crippen LogP contribution is -2.36. The average Bonchev–Trinajstić information content (AvgIpc) is 3.10. The summed E-state index contributed by atoms with van der Waals surface area (Å²) in [5.74, 6) is 0.454. The third-order valence-corrected chi connectivity index (χ3v) is 5.48. The van der Waals surface area contributed by atoms with Gasteiger partial charge in [0.1, 0.15) is 11.6 Å². The number of hydrogen-bond acceptors (Lipinski definition) is 4. The van der Waals surface area contributed by atoms with E-state index < -0.39 is 0 Å². The van der Waals surface area contributed by atoms with Crippen LogP contribution in [0.1, 0.15) is 39.8 Å². The molecule has 6 nitrogen and oxygen atoms in total. The van der Waals surface area contributed by atoms with Crippen molar-refractivity contribution in [1.29, 1.82) is 0 Å². The van der Waals surface area contributed by atoms with Crippen molar-refractivity contribution < 1.29 is 18.7 Å². The Bertz CT molecular complexity index is 1060. The fourth-order valence-electron chi connectivity index (χ4n) is 3.88. The second-order valence-electron chi connectivity index (χ2n) is 7.51. The minimum Gasteiger partial charge on any atom is -0.494 e. The first-order chi connectivity index (χ1) is 15.1. The van der Waals surface area contributed by atoms with Crippen molar-refractivity contribution in [3.63, 3.8) is 0 Å². The Morgan fingerprint density at radius 2 is 1.90 bits per heavy atom. The summed E-state index contributed by atoms with van der Waals surface area (Å²) >= 11 is 0. The highest BCUT2D eigenvalue weighted by molar-refractivity contribution is 5.94. The summed E-state index contributed by atoms with van der Waals surface area (Å²) in [5, 5.41) is 4.59. The van der Waals surface area contributed by atoms with Gasteiger partial charge in [0.05, 0.1) is 25.5 Å². The van der Waals surface area contributed by atoms with E-state index in [9.17, 15) is 9.18 Å². The predicted octanol–water partition coefficient (Wildman–Crippen LogP) is 3.87. The molecule has 1 aliphatic heterocycles. The molecule has 1 aromatic heterocycles. The van der Waals surface area contributed by atoms with Crippen LogP contribution in [0.3, 0.4) is 0 Å². The van der Waals surface area contributed by atoms with Gasteiger partial charge >= 0.3 is 0 Å². The molecule has 0 spiro atoms. The van der Waals surface area contributed by atoms with Crippen LogP contribution < -0.4 is 4.74 Å². The minimum atomic E-state index is -0.280. The molecular formula is C24H26FN3O3. The maximum Gasteiger partial charge on any atom is 0.254 e. The Morgan fingerprint density at radius 3 is 2.65 bits per heavy atom. The van der Waals surface area contributed by atoms with E-state index in [-0.39, 0.29) is 24.9 Å². The highest BCUT2D eigenvalue weighted by Gasteiger charge is 2.27. The van der Waals surface area contributed by atoms with Gasteiger partial charge in [0, 0.05) is 48.9 Å². The van der Waals surface area contributed by atoms with Gasteiger partial charge in [0.15, 0.2) is 0 Å². The van der Waals surface area contributed by atoms with E-state index in [1.807, 2.05) is 35.7 Å². The van der Waals surface area contributed by atoms with Crippen LogP contribution in [-0.2, 0) is 38.0 Å². The molecule has 0 saturated heterocycles. The van der Waals surface area contributed by atoms with Crippen LogP contribution in [0.5, 0.6) is 5.75 Å². The second-order valence-corrected chi connectivity index (χ2v) is 7.51. The molecule has 0 bridgehead atoms.